The van der Waals surface area contributed by atoms with Crippen LogP contribution >= 0.6 is 0 Å². The van der Waals surface area contributed by atoms with Crippen molar-refractivity contribution >= 4 is 0 Å². The molecule has 6 nitrogen and oxygen atoms in total. The minimum Gasteiger partial charge on any atom is -0.512 e. The average molecular weight is 582 g/mol. The van der Waals surface area contributed by atoms with Gasteiger partial charge in [-0.3, -0.25) is 9.36 Å². The minimum absolute atomic E-state index is 0. The molecule has 0 aliphatic carbocycles. The monoisotopic (exact) mass is 582 g/mol. The van der Waals surface area contributed by atoms with E-state index >= 15 is 0 Å². The van der Waals surface area contributed by atoms with E-state index < -0.39 is 0 Å². The van der Waals surface area contributed by atoms with Crippen LogP contribution in [0.15, 0.2) is 104 Å². The molecule has 2 aromatic carbocycles. The third-order valence-electron chi connectivity index (χ3n) is 3.92. The SMILES string of the molecule is [C-]#N.[Ir+3].[c-]1c(-n2cccn2)cccc1-n1cccn1.[c-]1ccccc1-c1ccccn1. The molecule has 0 N–H and O–H groups in total. The predicted octanol–water partition coefficient (Wildman–Crippen LogP) is 4.50. The zero-order chi connectivity index (χ0) is 21.0. The van der Waals surface area contributed by atoms with Gasteiger partial charge in [-0.2, -0.15) is 16.3 Å². The van der Waals surface area contributed by atoms with Gasteiger partial charge in [-0.25, -0.2) is 0 Å². The molecule has 5 rings (SSSR count). The summed E-state index contributed by atoms with van der Waals surface area (Å²) >= 11 is 0. The Hall–Kier alpha value is -3.85. The fourth-order valence-corrected chi connectivity index (χ4v) is 2.61. The minimum atomic E-state index is 0. The molecule has 0 spiro atoms. The molecule has 152 valence electrons. The van der Waals surface area contributed by atoms with Gasteiger partial charge in [0.15, 0.2) is 0 Å². The maximum atomic E-state index is 6.25. The van der Waals surface area contributed by atoms with Gasteiger partial charge in [0.25, 0.3) is 0 Å². The molecular weight excluding hydrogens is 565 g/mol. The molecule has 5 aromatic rings. The summed E-state index contributed by atoms with van der Waals surface area (Å²) in [5.74, 6) is 0. The average Bonchev–Trinajstić information content (AvgIpc) is 3.57. The Kier molecular flexibility index (Phi) is 9.57. The van der Waals surface area contributed by atoms with Crippen LogP contribution in [-0.4, -0.2) is 24.5 Å². The fraction of sp³-hybridized carbons (Fsp3) is 0. The zero-order valence-corrected chi connectivity index (χ0v) is 18.7. The summed E-state index contributed by atoms with van der Waals surface area (Å²) in [4.78, 5) is 4.22. The van der Waals surface area contributed by atoms with Crippen LogP contribution in [0.2, 0.25) is 0 Å². The van der Waals surface area contributed by atoms with Crippen LogP contribution in [0.3, 0.4) is 0 Å². The quantitative estimate of drug-likeness (QED) is 0.294. The molecule has 0 atom stereocenters. The van der Waals surface area contributed by atoms with E-state index in [9.17, 15) is 0 Å². The van der Waals surface area contributed by atoms with Crippen LogP contribution < -0.4 is 0 Å². The molecule has 0 unspecified atom stereocenters. The van der Waals surface area contributed by atoms with Crippen LogP contribution in [0.5, 0.6) is 0 Å². The van der Waals surface area contributed by atoms with Crippen LogP contribution in [0.4, 0.5) is 0 Å². The van der Waals surface area contributed by atoms with Crippen molar-refractivity contribution in [2.75, 3.05) is 0 Å². The van der Waals surface area contributed by atoms with Crippen molar-refractivity contribution in [3.8, 4) is 22.6 Å². The Labute approximate surface area is 194 Å². The maximum Gasteiger partial charge on any atom is 3.00 e. The first kappa shape index (κ1) is 23.4. The molecule has 0 bridgehead atoms. The molecule has 3 aromatic heterocycles. The van der Waals surface area contributed by atoms with Gasteiger partial charge in [-0.05, 0) is 35.3 Å². The third kappa shape index (κ3) is 6.58. The number of nitrogens with zero attached hydrogens (tertiary/aromatic N) is 6. The summed E-state index contributed by atoms with van der Waals surface area (Å²) in [6.45, 7) is 4.75. The van der Waals surface area contributed by atoms with Crippen molar-refractivity contribution in [3.63, 3.8) is 0 Å². The standard InChI is InChI=1S/C12H9N4.C11H8N.CN.Ir/c1-4-11(15-8-2-6-13-15)10-12(5-1)16-9-3-7-14-16;1-2-6-10(7-3-1)11-8-4-5-9-12-11;1-2;/h1-9H;1-6,8-9H;;/q3*-1;+3. The topological polar surface area (TPSA) is 72.3 Å². The van der Waals surface area contributed by atoms with E-state index in [0.29, 0.717) is 0 Å². The Balaban J connectivity index is 0.000000205. The summed E-state index contributed by atoms with van der Waals surface area (Å²) in [7, 11) is 0. The van der Waals surface area contributed by atoms with Gasteiger partial charge < -0.3 is 16.8 Å². The van der Waals surface area contributed by atoms with Gasteiger partial charge in [0.2, 0.25) is 0 Å². The maximum absolute atomic E-state index is 6.25. The molecule has 0 radical (unpaired) electrons. The molecule has 0 aliphatic heterocycles. The molecule has 7 heteroatoms. The summed E-state index contributed by atoms with van der Waals surface area (Å²) in [5.41, 5.74) is 3.81. The third-order valence-corrected chi connectivity index (χ3v) is 3.92. The summed E-state index contributed by atoms with van der Waals surface area (Å²) < 4.78 is 3.54. The van der Waals surface area contributed by atoms with E-state index in [2.05, 4.69) is 27.3 Å². The van der Waals surface area contributed by atoms with Gasteiger partial charge in [-0.15, -0.1) is 54.1 Å². The molecular formula is C24H17IrN6. The number of rotatable bonds is 3. The molecule has 0 fully saturated rings. The van der Waals surface area contributed by atoms with Gasteiger partial charge >= 0.3 is 20.1 Å². The fourth-order valence-electron chi connectivity index (χ4n) is 2.61. The second-order valence-corrected chi connectivity index (χ2v) is 5.81. The Morgan fingerprint density at radius 3 is 1.84 bits per heavy atom. The van der Waals surface area contributed by atoms with E-state index in [1.165, 1.54) is 0 Å². The number of hydrogen-bond donors (Lipinski definition) is 0. The first-order valence-electron chi connectivity index (χ1n) is 9.03. The molecule has 3 heterocycles. The van der Waals surface area contributed by atoms with Gasteiger partial charge in [0.1, 0.15) is 0 Å². The van der Waals surface area contributed by atoms with E-state index in [4.69, 9.17) is 11.8 Å². The van der Waals surface area contributed by atoms with Crippen molar-refractivity contribution in [2.24, 2.45) is 0 Å². The van der Waals surface area contributed by atoms with Crippen LogP contribution in [0, 0.1) is 24.0 Å². The summed E-state index contributed by atoms with van der Waals surface area (Å²) in [5, 5.41) is 14.6. The number of benzene rings is 2. The van der Waals surface area contributed by atoms with Crippen molar-refractivity contribution in [1.29, 1.82) is 5.26 Å². The van der Waals surface area contributed by atoms with Crippen molar-refractivity contribution < 1.29 is 20.1 Å². The summed E-state index contributed by atoms with van der Waals surface area (Å²) in [6, 6.07) is 29.7. The number of aromatic nitrogens is 5. The zero-order valence-electron chi connectivity index (χ0n) is 16.3. The second-order valence-electron chi connectivity index (χ2n) is 5.81. The number of pyridine rings is 1. The molecule has 31 heavy (non-hydrogen) atoms. The van der Waals surface area contributed by atoms with Crippen molar-refractivity contribution in [1.82, 2.24) is 24.5 Å². The summed E-state index contributed by atoms with van der Waals surface area (Å²) in [6.07, 6.45) is 9.05. The van der Waals surface area contributed by atoms with E-state index in [0.717, 1.165) is 22.6 Å². The predicted molar refractivity (Wildman–Crippen MR) is 113 cm³/mol. The van der Waals surface area contributed by atoms with Crippen molar-refractivity contribution in [3.05, 3.63) is 122 Å². The van der Waals surface area contributed by atoms with Gasteiger partial charge in [-0.1, -0.05) is 12.1 Å². The smallest absolute Gasteiger partial charge is 0.512 e. The molecule has 0 saturated carbocycles. The first-order chi connectivity index (χ1) is 14.9. The van der Waals surface area contributed by atoms with E-state index in [1.54, 1.807) is 28.0 Å². The molecule has 0 saturated heterocycles. The Bertz CT molecular complexity index is 1050. The van der Waals surface area contributed by atoms with Crippen LogP contribution in [-0.2, 0) is 20.1 Å². The van der Waals surface area contributed by atoms with E-state index in [1.807, 2.05) is 85.2 Å². The first-order valence-corrected chi connectivity index (χ1v) is 9.03. The van der Waals surface area contributed by atoms with Crippen LogP contribution in [0.25, 0.3) is 22.6 Å². The molecule has 0 amide bonds. The van der Waals surface area contributed by atoms with E-state index in [-0.39, 0.29) is 20.1 Å². The Morgan fingerprint density at radius 2 is 1.35 bits per heavy atom. The van der Waals surface area contributed by atoms with Crippen LogP contribution in [0.1, 0.15) is 0 Å². The normalized spacial score (nSPS) is 9.23. The van der Waals surface area contributed by atoms with Gasteiger partial charge in [0, 0.05) is 31.0 Å². The Morgan fingerprint density at radius 1 is 0.710 bits per heavy atom. The largest absolute Gasteiger partial charge is 3.00 e. The molecule has 0 aliphatic rings. The number of hydrogen-bond acceptors (Lipinski definition) is 4. The van der Waals surface area contributed by atoms with Crippen molar-refractivity contribution in [2.45, 2.75) is 0 Å². The second kappa shape index (κ2) is 12.7. The van der Waals surface area contributed by atoms with Gasteiger partial charge in [0.05, 0.1) is 0 Å².